The van der Waals surface area contributed by atoms with Gasteiger partial charge in [0.25, 0.3) is 0 Å². The van der Waals surface area contributed by atoms with E-state index in [4.69, 9.17) is 11.6 Å². The van der Waals surface area contributed by atoms with Crippen molar-refractivity contribution in [2.24, 2.45) is 23.7 Å². The van der Waals surface area contributed by atoms with Gasteiger partial charge in [-0.3, -0.25) is 52.7 Å². The quantitative estimate of drug-likeness (QED) is 0.229. The van der Waals surface area contributed by atoms with Crippen LogP contribution in [-0.4, -0.2) is 215 Å². The van der Waals surface area contributed by atoms with Gasteiger partial charge < -0.3 is 55.6 Å². The molecule has 0 bridgehead atoms. The summed E-state index contributed by atoms with van der Waals surface area (Å²) in [6, 6.07) is -5.94. The van der Waals surface area contributed by atoms with Gasteiger partial charge in [-0.15, -0.1) is 0 Å². The average Bonchev–Trinajstić information content (AvgIpc) is 1.25. The number of carbonyl (C=O) groups is 11. The Morgan fingerprint density at radius 2 is 1.24 bits per heavy atom. The normalized spacial score (nSPS) is 26.4. The molecule has 0 aromatic heterocycles. The predicted octanol–water partition coefficient (Wildman–Crippen LogP) is 5.02. The van der Waals surface area contributed by atoms with E-state index >= 15 is 0 Å². The molecule has 2 heterocycles. The van der Waals surface area contributed by atoms with Gasteiger partial charge in [0.15, 0.2) is 0 Å². The maximum Gasteiger partial charge on any atom is 0.417 e. The van der Waals surface area contributed by atoms with Gasteiger partial charge in [0.2, 0.25) is 65.0 Å². The fraction of sp³-hybridized carbons (Fsp3) is 0.730. The molecule has 2 saturated heterocycles. The van der Waals surface area contributed by atoms with Gasteiger partial charge in [-0.1, -0.05) is 97.7 Å². The van der Waals surface area contributed by atoms with E-state index in [-0.39, 0.29) is 74.8 Å². The van der Waals surface area contributed by atoms with E-state index < -0.39 is 155 Å². The first-order chi connectivity index (χ1) is 41.3. The van der Waals surface area contributed by atoms with Crippen LogP contribution in [0.3, 0.4) is 0 Å². The first-order valence-corrected chi connectivity index (χ1v) is 31.6. The van der Waals surface area contributed by atoms with Gasteiger partial charge in [0.1, 0.15) is 47.8 Å². The van der Waals surface area contributed by atoms with Crippen molar-refractivity contribution in [3.63, 3.8) is 0 Å². The Morgan fingerprint density at radius 3 is 1.78 bits per heavy atom. The molecule has 11 amide bonds. The van der Waals surface area contributed by atoms with E-state index in [0.29, 0.717) is 6.42 Å². The Labute approximate surface area is 528 Å². The lowest BCUT2D eigenvalue weighted by atomic mass is 9.84. The molecule has 1 saturated carbocycles. The first-order valence-electron chi connectivity index (χ1n) is 31.3. The van der Waals surface area contributed by atoms with Gasteiger partial charge in [-0.25, -0.2) is 0 Å². The van der Waals surface area contributed by atoms with Crippen LogP contribution in [0, 0.1) is 23.7 Å². The first kappa shape index (κ1) is 74.9. The van der Waals surface area contributed by atoms with E-state index in [1.165, 1.54) is 93.6 Å². The van der Waals surface area contributed by atoms with E-state index in [9.17, 15) is 65.9 Å². The third kappa shape index (κ3) is 20.0. The van der Waals surface area contributed by atoms with Gasteiger partial charge in [0.05, 0.1) is 23.7 Å². The van der Waals surface area contributed by atoms with Crippen molar-refractivity contribution in [1.82, 2.24) is 55.6 Å². The number of nitrogens with zero attached hydrogens (tertiary/aromatic N) is 7. The van der Waals surface area contributed by atoms with Crippen LogP contribution >= 0.6 is 11.6 Å². The van der Waals surface area contributed by atoms with Crippen molar-refractivity contribution >= 4 is 76.6 Å². The molecule has 0 radical (unpaired) electrons. The number of fused-ring (bicyclic) bond motifs is 1. The van der Waals surface area contributed by atoms with E-state index in [1.807, 2.05) is 20.8 Å². The fourth-order valence-corrected chi connectivity index (χ4v) is 11.7. The van der Waals surface area contributed by atoms with Crippen molar-refractivity contribution < 1.29 is 65.9 Å². The molecular weight excluding hydrogens is 1180 g/mol. The number of benzene rings is 1. The lowest BCUT2D eigenvalue weighted by molar-refractivity contribution is -0.158. The minimum atomic E-state index is -4.75. The third-order valence-corrected chi connectivity index (χ3v) is 18.5. The highest BCUT2D eigenvalue weighted by atomic mass is 35.5. The highest BCUT2D eigenvalue weighted by molar-refractivity contribution is 6.31. The minimum absolute atomic E-state index is 0.0320. The van der Waals surface area contributed by atoms with Crippen LogP contribution in [0.2, 0.25) is 5.02 Å². The molecule has 1 unspecified atom stereocenters. The predicted molar refractivity (Wildman–Crippen MR) is 330 cm³/mol. The number of hydrogen-bond acceptors (Lipinski definition) is 11. The van der Waals surface area contributed by atoms with Crippen molar-refractivity contribution in [2.45, 2.75) is 213 Å². The highest BCUT2D eigenvalue weighted by Gasteiger charge is 2.45. The van der Waals surface area contributed by atoms with Crippen molar-refractivity contribution in [1.29, 1.82) is 0 Å². The molecule has 9 atom stereocenters. The zero-order chi connectivity index (χ0) is 67.3. The van der Waals surface area contributed by atoms with Crippen molar-refractivity contribution in [3.8, 4) is 0 Å². The maximum atomic E-state index is 14.8. The zero-order valence-corrected chi connectivity index (χ0v) is 55.9. The molecule has 3 fully saturated rings. The molecule has 3 aliphatic rings. The molecule has 89 heavy (non-hydrogen) atoms. The molecule has 500 valence electrons. The summed E-state index contributed by atoms with van der Waals surface area (Å²) in [5.41, 5.74) is -2.48. The molecule has 1 aliphatic carbocycles. The third-order valence-electron chi connectivity index (χ3n) is 18.2. The van der Waals surface area contributed by atoms with Gasteiger partial charge >= 0.3 is 6.18 Å². The number of amides is 11. The molecule has 1 aromatic rings. The largest absolute Gasteiger partial charge is 0.417 e. The van der Waals surface area contributed by atoms with Gasteiger partial charge in [-0.05, 0) is 108 Å². The molecule has 4 N–H and O–H groups in total. The lowest BCUT2D eigenvalue weighted by Crippen LogP contribution is -2.63. The van der Waals surface area contributed by atoms with Gasteiger partial charge in [0, 0.05) is 61.3 Å². The topological polar surface area (TPSA) is 259 Å². The maximum absolute atomic E-state index is 14.8. The summed E-state index contributed by atoms with van der Waals surface area (Å²) >= 11 is 6.09. The SMILES string of the molecule is CCC(C)[C@@H]1NC(=O)[C@H](C)N(C)C(=O)C[C@@H](C)N(C)C(=O)[C@H](CC(C)C)NC(=O)C(C)(C)N(C)C(=O)[C@H](CC(C)C)NC(=O)[C@H](CCc2ccc(C(F)(F)F)c(Cl)c2)NC(=O)CN(C)C(=O)[C@H](CC2CCCCC2)N(C)C(=O)[C@@H]2CCN2C(=O)CN(C)C1=O. The van der Waals surface area contributed by atoms with Crippen LogP contribution in [-0.2, 0) is 65.3 Å². The minimum Gasteiger partial charge on any atom is -0.343 e. The molecule has 2 aliphatic heterocycles. The smallest absolute Gasteiger partial charge is 0.343 e. The summed E-state index contributed by atoms with van der Waals surface area (Å²) in [5, 5.41) is 10.5. The average molecular weight is 1280 g/mol. The number of rotatable bonds is 11. The molecular formula is C63H99ClF3N11O11. The van der Waals surface area contributed by atoms with E-state index in [0.717, 1.165) is 54.0 Å². The number of alkyl halides is 3. The number of aryl methyl sites for hydroxylation is 1. The van der Waals surface area contributed by atoms with Gasteiger partial charge in [-0.2, -0.15) is 13.2 Å². The summed E-state index contributed by atoms with van der Waals surface area (Å²) in [6.45, 7) is 16.0. The second-order valence-corrected chi connectivity index (χ2v) is 26.7. The van der Waals surface area contributed by atoms with Crippen LogP contribution in [0.5, 0.6) is 0 Å². The van der Waals surface area contributed by atoms with E-state index in [2.05, 4.69) is 21.3 Å². The molecule has 1 aromatic carbocycles. The Kier molecular flexibility index (Phi) is 27.3. The summed E-state index contributed by atoms with van der Waals surface area (Å²) in [4.78, 5) is 167. The molecule has 0 spiro atoms. The highest BCUT2D eigenvalue weighted by Crippen LogP contribution is 2.36. The Bertz CT molecular complexity index is 2730. The Balaban J connectivity index is 1.80. The molecule has 22 nitrogen and oxygen atoms in total. The fourth-order valence-electron chi connectivity index (χ4n) is 11.4. The lowest BCUT2D eigenvalue weighted by Gasteiger charge is -2.44. The summed E-state index contributed by atoms with van der Waals surface area (Å²) in [5.74, 6) is -7.94. The zero-order valence-electron chi connectivity index (χ0n) is 55.1. The van der Waals surface area contributed by atoms with Crippen LogP contribution in [0.4, 0.5) is 13.2 Å². The second-order valence-electron chi connectivity index (χ2n) is 26.3. The van der Waals surface area contributed by atoms with Crippen LogP contribution < -0.4 is 21.3 Å². The summed E-state index contributed by atoms with van der Waals surface area (Å²) < 4.78 is 41.2. The number of carbonyl (C=O) groups excluding carboxylic acids is 11. The standard InChI is InChI=1S/C63H99ClF3N11O11/c1-17-38(6)53-60(88)73(12)35-52(81)78-28-27-48(78)59(87)76(15)49(33-41-21-19-18-20-22-41)58(86)72(11)34-50(79)68-45(26-24-42-23-25-43(44(64)32-42)63(65,66)67)55(83)69-47(30-37(4)5)57(85)77(16)62(9,10)61(89)70-46(29-36(2)3)56(84)74(13)39(7)31-51(80)75(14)40(8)54(82)71-53/h23,25,32,36-41,45-49,53H,17-22,24,26-31,33-35H2,1-16H3,(H,68,79)(H,69,83)(H,70,89)(H,71,82)/t38?,39-,40+,45+,46+,47+,48+,49+,53+/m1/s1. The van der Waals surface area contributed by atoms with Crippen LogP contribution in [0.25, 0.3) is 0 Å². The van der Waals surface area contributed by atoms with Crippen LogP contribution in [0.1, 0.15) is 157 Å². The summed E-state index contributed by atoms with van der Waals surface area (Å²) in [7, 11) is 8.51. The van der Waals surface area contributed by atoms with Crippen molar-refractivity contribution in [3.05, 3.63) is 34.3 Å². The second kappa shape index (κ2) is 32.5. The van der Waals surface area contributed by atoms with E-state index in [1.54, 1.807) is 27.7 Å². The molecule has 4 rings (SSSR count). The molecule has 26 heteroatoms. The summed E-state index contributed by atoms with van der Waals surface area (Å²) in [6.07, 6.45) is 0.171. The van der Waals surface area contributed by atoms with Crippen molar-refractivity contribution in [2.75, 3.05) is 61.9 Å². The number of halogens is 4. The van der Waals surface area contributed by atoms with Crippen LogP contribution in [0.15, 0.2) is 18.2 Å². The monoisotopic (exact) mass is 1280 g/mol. The Morgan fingerprint density at radius 1 is 0.652 bits per heavy atom. The number of nitrogens with one attached hydrogen (secondary N) is 4. The number of hydrogen-bond donors (Lipinski definition) is 4. The number of likely N-dealkylation sites (N-methyl/N-ethyl adjacent to an activating group) is 6. The Hall–Kier alpha value is -6.53.